The first-order valence-corrected chi connectivity index (χ1v) is 7.43. The summed E-state index contributed by atoms with van der Waals surface area (Å²) in [6.07, 6.45) is 3.13. The number of aromatic nitrogens is 3. The number of amides is 1. The number of hydrogen-bond acceptors (Lipinski definition) is 5. The minimum Gasteiger partial charge on any atom is -0.482 e. The molecule has 1 saturated heterocycles. The highest BCUT2D eigenvalue weighted by molar-refractivity contribution is 5.92. The molecule has 1 aliphatic rings. The number of aromatic amines is 1. The number of carbonyl (C=O) groups excluding carboxylic acids is 1. The molecule has 3 heterocycles. The number of aryl methyl sites for hydroxylation is 1. The highest BCUT2D eigenvalue weighted by Gasteiger charge is 2.32. The van der Waals surface area contributed by atoms with Gasteiger partial charge in [-0.25, -0.2) is 0 Å². The van der Waals surface area contributed by atoms with E-state index in [2.05, 4.69) is 15.4 Å². The average Bonchev–Trinajstić information content (AvgIpc) is 3.17. The van der Waals surface area contributed by atoms with Crippen molar-refractivity contribution < 1.29 is 14.3 Å². The average molecular weight is 318 g/mol. The zero-order valence-corrected chi connectivity index (χ0v) is 12.7. The highest BCUT2D eigenvalue weighted by Crippen LogP contribution is 2.16. The largest absolute Gasteiger partial charge is 0.482 e. The summed E-state index contributed by atoms with van der Waals surface area (Å²) in [5, 5.41) is 6.97. The molecule has 2 atom stereocenters. The zero-order valence-electron chi connectivity index (χ0n) is 12.7. The number of carbonyl (C=O) groups is 1. The quantitative estimate of drug-likeness (QED) is 0.819. The summed E-state index contributed by atoms with van der Waals surface area (Å²) in [6, 6.07) is 4.14. The van der Waals surface area contributed by atoms with Gasteiger partial charge in [0, 0.05) is 12.6 Å². The topological polar surface area (TPSA) is 98.2 Å². The smallest absolute Gasteiger partial charge is 0.268 e. The van der Waals surface area contributed by atoms with Crippen molar-refractivity contribution in [2.75, 3.05) is 13.2 Å². The fourth-order valence-corrected chi connectivity index (χ4v) is 2.36. The second kappa shape index (κ2) is 6.66. The van der Waals surface area contributed by atoms with Crippen LogP contribution in [0.1, 0.15) is 17.4 Å². The van der Waals surface area contributed by atoms with Crippen LogP contribution in [0, 0.1) is 0 Å². The molecule has 0 saturated carbocycles. The fourth-order valence-electron chi connectivity index (χ4n) is 2.36. The number of ether oxygens (including phenoxy) is 2. The van der Waals surface area contributed by atoms with Crippen LogP contribution in [-0.4, -0.2) is 46.0 Å². The van der Waals surface area contributed by atoms with E-state index in [0.29, 0.717) is 19.0 Å². The molecule has 8 heteroatoms. The van der Waals surface area contributed by atoms with E-state index in [9.17, 15) is 9.59 Å². The molecule has 0 spiro atoms. The summed E-state index contributed by atoms with van der Waals surface area (Å²) in [5.41, 5.74) is -0.109. The first-order chi connectivity index (χ1) is 11.2. The van der Waals surface area contributed by atoms with Crippen LogP contribution in [0.4, 0.5) is 0 Å². The van der Waals surface area contributed by atoms with Gasteiger partial charge in [-0.2, -0.15) is 5.10 Å². The molecule has 23 heavy (non-hydrogen) atoms. The van der Waals surface area contributed by atoms with Crippen molar-refractivity contribution in [3.8, 4) is 5.75 Å². The number of nitrogens with one attached hydrogen (secondary N) is 2. The molecule has 2 aromatic heterocycles. The van der Waals surface area contributed by atoms with Gasteiger partial charge in [-0.3, -0.25) is 14.3 Å². The van der Waals surface area contributed by atoms with Crippen molar-refractivity contribution in [2.45, 2.75) is 25.6 Å². The lowest BCUT2D eigenvalue weighted by atomic mass is 10.2. The van der Waals surface area contributed by atoms with Gasteiger partial charge in [0.05, 0.1) is 31.6 Å². The third kappa shape index (κ3) is 3.59. The van der Waals surface area contributed by atoms with Crippen LogP contribution in [0.3, 0.4) is 0 Å². The van der Waals surface area contributed by atoms with Crippen LogP contribution in [-0.2, 0) is 11.3 Å². The van der Waals surface area contributed by atoms with Gasteiger partial charge in [-0.15, -0.1) is 0 Å². The molecule has 1 fully saturated rings. The number of hydrogen-bond donors (Lipinski definition) is 2. The Bertz CT molecular complexity index is 739. The van der Waals surface area contributed by atoms with Gasteiger partial charge < -0.3 is 19.8 Å². The molecule has 1 amide bonds. The molecule has 122 valence electrons. The lowest BCUT2D eigenvalue weighted by Crippen LogP contribution is -2.45. The molecular weight excluding hydrogens is 300 g/mol. The summed E-state index contributed by atoms with van der Waals surface area (Å²) in [4.78, 5) is 26.0. The van der Waals surface area contributed by atoms with E-state index in [1.807, 2.05) is 6.92 Å². The lowest BCUT2D eigenvalue weighted by molar-refractivity contribution is 0.0899. The Kier molecular flexibility index (Phi) is 4.42. The number of rotatable bonds is 5. The van der Waals surface area contributed by atoms with Crippen LogP contribution >= 0.6 is 0 Å². The van der Waals surface area contributed by atoms with E-state index in [1.54, 1.807) is 23.1 Å². The second-order valence-electron chi connectivity index (χ2n) is 5.23. The summed E-state index contributed by atoms with van der Waals surface area (Å²) in [6.45, 7) is 3.48. The summed E-state index contributed by atoms with van der Waals surface area (Å²) < 4.78 is 13.0. The highest BCUT2D eigenvalue weighted by atomic mass is 16.5. The Balaban J connectivity index is 1.64. The Hall–Kier alpha value is -2.61. The number of nitrogens with zero attached hydrogens (tertiary/aromatic N) is 2. The minimum atomic E-state index is -0.365. The number of H-pyrrole nitrogens is 1. The van der Waals surface area contributed by atoms with Crippen molar-refractivity contribution in [1.29, 1.82) is 0 Å². The van der Waals surface area contributed by atoms with Crippen LogP contribution in [0.25, 0.3) is 0 Å². The van der Waals surface area contributed by atoms with Gasteiger partial charge in [-0.1, -0.05) is 6.07 Å². The molecule has 0 bridgehead atoms. The van der Waals surface area contributed by atoms with Gasteiger partial charge in [0.1, 0.15) is 11.8 Å². The normalized spacial score (nSPS) is 20.4. The molecule has 0 aliphatic carbocycles. The molecule has 0 aromatic carbocycles. The fraction of sp³-hybridized carbons (Fsp3) is 0.400. The molecule has 8 nitrogen and oxygen atoms in total. The minimum absolute atomic E-state index is 0.210. The molecular formula is C15H18N4O4. The second-order valence-corrected chi connectivity index (χ2v) is 5.23. The first kappa shape index (κ1) is 15.3. The molecule has 0 radical (unpaired) electrons. The summed E-state index contributed by atoms with van der Waals surface area (Å²) in [7, 11) is 0. The standard InChI is InChI=1S/C15H18N4O4/c1-2-19-7-10(6-16-19)23-13-9-22-8-12(13)18-15(21)11-4-3-5-14(20)17-11/h3-7,12-13H,2,8-9H2,1H3,(H,17,20)(H,18,21)/t12-,13+/m0/s1. The predicted octanol–water partition coefficient (Wildman–Crippen LogP) is 0.167. The molecule has 0 unspecified atom stereocenters. The SMILES string of the molecule is CCn1cc(O[C@@H]2COC[C@@H]2NC(=O)c2cccc(=O)[nH]2)cn1. The Morgan fingerprint density at radius 1 is 1.52 bits per heavy atom. The van der Waals surface area contributed by atoms with Crippen LogP contribution in [0.2, 0.25) is 0 Å². The molecule has 1 aliphatic heterocycles. The third-order valence-electron chi connectivity index (χ3n) is 3.58. The Morgan fingerprint density at radius 2 is 2.39 bits per heavy atom. The molecule has 2 N–H and O–H groups in total. The Labute approximate surface area is 132 Å². The van der Waals surface area contributed by atoms with E-state index in [1.165, 1.54) is 12.1 Å². The van der Waals surface area contributed by atoms with Crippen LogP contribution in [0.5, 0.6) is 5.75 Å². The van der Waals surface area contributed by atoms with E-state index >= 15 is 0 Å². The van der Waals surface area contributed by atoms with Gasteiger partial charge in [0.15, 0.2) is 5.75 Å². The van der Waals surface area contributed by atoms with Crippen LogP contribution in [0.15, 0.2) is 35.4 Å². The van der Waals surface area contributed by atoms with Crippen molar-refractivity contribution in [3.05, 3.63) is 46.6 Å². The van der Waals surface area contributed by atoms with Crippen molar-refractivity contribution in [3.63, 3.8) is 0 Å². The van der Waals surface area contributed by atoms with E-state index in [0.717, 1.165) is 6.54 Å². The van der Waals surface area contributed by atoms with Crippen molar-refractivity contribution in [2.24, 2.45) is 0 Å². The third-order valence-corrected chi connectivity index (χ3v) is 3.58. The van der Waals surface area contributed by atoms with E-state index in [-0.39, 0.29) is 29.3 Å². The monoisotopic (exact) mass is 318 g/mol. The summed E-state index contributed by atoms with van der Waals surface area (Å²) in [5.74, 6) is 0.269. The maximum atomic E-state index is 12.2. The zero-order chi connectivity index (χ0) is 16.2. The van der Waals surface area contributed by atoms with Gasteiger partial charge in [-0.05, 0) is 13.0 Å². The lowest BCUT2D eigenvalue weighted by Gasteiger charge is -2.19. The van der Waals surface area contributed by atoms with E-state index in [4.69, 9.17) is 9.47 Å². The van der Waals surface area contributed by atoms with Gasteiger partial charge in [0.2, 0.25) is 5.56 Å². The van der Waals surface area contributed by atoms with Crippen molar-refractivity contribution in [1.82, 2.24) is 20.1 Å². The predicted molar refractivity (Wildman–Crippen MR) is 81.5 cm³/mol. The molecule has 2 aromatic rings. The van der Waals surface area contributed by atoms with Crippen molar-refractivity contribution >= 4 is 5.91 Å². The number of pyridine rings is 1. The molecule has 3 rings (SSSR count). The van der Waals surface area contributed by atoms with Gasteiger partial charge in [0.25, 0.3) is 5.91 Å². The first-order valence-electron chi connectivity index (χ1n) is 7.43. The van der Waals surface area contributed by atoms with Gasteiger partial charge >= 0.3 is 0 Å². The van der Waals surface area contributed by atoms with Crippen LogP contribution < -0.4 is 15.6 Å². The maximum absolute atomic E-state index is 12.2. The Morgan fingerprint density at radius 3 is 3.13 bits per heavy atom. The summed E-state index contributed by atoms with van der Waals surface area (Å²) >= 11 is 0. The maximum Gasteiger partial charge on any atom is 0.268 e. The van der Waals surface area contributed by atoms with E-state index < -0.39 is 0 Å².